The van der Waals surface area contributed by atoms with Crippen LogP contribution in [0.5, 0.6) is 11.5 Å². The average molecular weight is 380 g/mol. The van der Waals surface area contributed by atoms with E-state index in [0.29, 0.717) is 5.92 Å². The van der Waals surface area contributed by atoms with Crippen LogP contribution in [-0.2, 0) is 6.42 Å². The van der Waals surface area contributed by atoms with Crippen molar-refractivity contribution in [3.8, 4) is 11.5 Å². The maximum atomic E-state index is 9.69. The molecule has 0 bridgehead atoms. The number of benzene rings is 1. The van der Waals surface area contributed by atoms with E-state index in [9.17, 15) is 5.11 Å². The number of hydrogen-bond donors (Lipinski definition) is 2. The molecular formula is C23H41NO3. The minimum Gasteiger partial charge on any atom is -0.493 e. The van der Waals surface area contributed by atoms with Gasteiger partial charge >= 0.3 is 0 Å². The predicted octanol–water partition coefficient (Wildman–Crippen LogP) is 4.96. The van der Waals surface area contributed by atoms with Crippen LogP contribution in [0.15, 0.2) is 18.2 Å². The van der Waals surface area contributed by atoms with Crippen LogP contribution in [0.25, 0.3) is 0 Å². The highest BCUT2D eigenvalue weighted by atomic mass is 16.5. The quantitative estimate of drug-likeness (QED) is 0.508. The topological polar surface area (TPSA) is 64.7 Å². The van der Waals surface area contributed by atoms with E-state index in [-0.39, 0.29) is 12.7 Å². The van der Waals surface area contributed by atoms with E-state index < -0.39 is 5.54 Å². The second-order valence-corrected chi connectivity index (χ2v) is 8.86. The van der Waals surface area contributed by atoms with Gasteiger partial charge in [-0.05, 0) is 68.6 Å². The number of ether oxygens (including phenoxy) is 2. The van der Waals surface area contributed by atoms with Crippen LogP contribution in [0, 0.1) is 11.8 Å². The van der Waals surface area contributed by atoms with Crippen LogP contribution in [0.1, 0.15) is 72.3 Å². The number of aliphatic hydroxyl groups is 1. The molecule has 3 N–H and O–H groups in total. The monoisotopic (exact) mass is 379 g/mol. The molecule has 0 saturated carbocycles. The van der Waals surface area contributed by atoms with Crippen LogP contribution in [0.3, 0.4) is 0 Å². The van der Waals surface area contributed by atoms with E-state index in [1.165, 1.54) is 12.8 Å². The van der Waals surface area contributed by atoms with Gasteiger partial charge in [-0.15, -0.1) is 0 Å². The molecule has 0 fully saturated rings. The zero-order chi connectivity index (χ0) is 20.4. The Morgan fingerprint density at radius 1 is 1.04 bits per heavy atom. The first kappa shape index (κ1) is 23.8. The van der Waals surface area contributed by atoms with Gasteiger partial charge in [0.2, 0.25) is 0 Å². The van der Waals surface area contributed by atoms with E-state index in [1.54, 1.807) is 7.11 Å². The summed E-state index contributed by atoms with van der Waals surface area (Å²) >= 11 is 0. The SMILES string of the molecule is COc1cc(CCC(N)(CO)CC(C)C)ccc1O[C@@H](C)CCCC(C)C. The van der Waals surface area contributed by atoms with E-state index in [1.807, 2.05) is 12.1 Å². The molecular weight excluding hydrogens is 338 g/mol. The Kier molecular flexibility index (Phi) is 10.2. The molecule has 0 aromatic heterocycles. The van der Waals surface area contributed by atoms with E-state index >= 15 is 0 Å². The fourth-order valence-electron chi connectivity index (χ4n) is 3.51. The zero-order valence-corrected chi connectivity index (χ0v) is 18.3. The molecule has 1 unspecified atom stereocenters. The minimum absolute atomic E-state index is 0.0113. The number of rotatable bonds is 13. The van der Waals surface area contributed by atoms with Gasteiger partial charge in [-0.2, -0.15) is 0 Å². The molecule has 4 heteroatoms. The summed E-state index contributed by atoms with van der Waals surface area (Å²) < 4.78 is 11.6. The zero-order valence-electron chi connectivity index (χ0n) is 18.3. The van der Waals surface area contributed by atoms with Crippen molar-refractivity contribution in [1.29, 1.82) is 0 Å². The van der Waals surface area contributed by atoms with Gasteiger partial charge in [0.25, 0.3) is 0 Å². The Balaban J connectivity index is 2.68. The summed E-state index contributed by atoms with van der Waals surface area (Å²) in [5.74, 6) is 2.75. The van der Waals surface area contributed by atoms with Crippen molar-refractivity contribution in [3.05, 3.63) is 23.8 Å². The molecule has 27 heavy (non-hydrogen) atoms. The summed E-state index contributed by atoms with van der Waals surface area (Å²) in [5.41, 5.74) is 7.00. The van der Waals surface area contributed by atoms with Crippen LogP contribution in [0.2, 0.25) is 0 Å². The highest BCUT2D eigenvalue weighted by molar-refractivity contribution is 5.43. The fourth-order valence-corrected chi connectivity index (χ4v) is 3.51. The van der Waals surface area contributed by atoms with Crippen LogP contribution >= 0.6 is 0 Å². The smallest absolute Gasteiger partial charge is 0.161 e. The van der Waals surface area contributed by atoms with Crippen molar-refractivity contribution >= 4 is 0 Å². The first-order chi connectivity index (χ1) is 12.7. The predicted molar refractivity (Wildman–Crippen MR) is 114 cm³/mol. The normalized spacial score (nSPS) is 15.0. The second kappa shape index (κ2) is 11.6. The van der Waals surface area contributed by atoms with Gasteiger partial charge in [0.1, 0.15) is 0 Å². The summed E-state index contributed by atoms with van der Waals surface area (Å²) in [6.07, 6.45) is 5.99. The Morgan fingerprint density at radius 2 is 1.74 bits per heavy atom. The largest absolute Gasteiger partial charge is 0.493 e. The van der Waals surface area contributed by atoms with E-state index in [0.717, 1.165) is 48.7 Å². The molecule has 0 radical (unpaired) electrons. The average Bonchev–Trinajstić information content (AvgIpc) is 2.60. The molecule has 0 heterocycles. The lowest BCUT2D eigenvalue weighted by molar-refractivity contribution is 0.165. The van der Waals surface area contributed by atoms with Crippen molar-refractivity contribution in [2.75, 3.05) is 13.7 Å². The molecule has 0 amide bonds. The van der Waals surface area contributed by atoms with Crippen molar-refractivity contribution in [1.82, 2.24) is 0 Å². The van der Waals surface area contributed by atoms with Crippen molar-refractivity contribution in [2.24, 2.45) is 17.6 Å². The minimum atomic E-state index is -0.526. The third-order valence-corrected chi connectivity index (χ3v) is 4.99. The Morgan fingerprint density at radius 3 is 2.30 bits per heavy atom. The highest BCUT2D eigenvalue weighted by Gasteiger charge is 2.25. The first-order valence-electron chi connectivity index (χ1n) is 10.4. The van der Waals surface area contributed by atoms with E-state index in [2.05, 4.69) is 40.7 Å². The Hall–Kier alpha value is -1.26. The van der Waals surface area contributed by atoms with Gasteiger partial charge in [0.05, 0.1) is 19.8 Å². The van der Waals surface area contributed by atoms with Gasteiger partial charge in [0, 0.05) is 5.54 Å². The number of methoxy groups -OCH3 is 1. The molecule has 2 atom stereocenters. The van der Waals surface area contributed by atoms with Crippen molar-refractivity contribution in [3.63, 3.8) is 0 Å². The van der Waals surface area contributed by atoms with Crippen LogP contribution < -0.4 is 15.2 Å². The number of aryl methyl sites for hydroxylation is 1. The summed E-state index contributed by atoms with van der Waals surface area (Å²) in [6, 6.07) is 6.10. The summed E-state index contributed by atoms with van der Waals surface area (Å²) in [4.78, 5) is 0. The van der Waals surface area contributed by atoms with Gasteiger partial charge in [-0.3, -0.25) is 0 Å². The van der Waals surface area contributed by atoms with Gasteiger partial charge in [0.15, 0.2) is 11.5 Å². The molecule has 0 aliphatic carbocycles. The fraction of sp³-hybridized carbons (Fsp3) is 0.739. The third kappa shape index (κ3) is 8.98. The molecule has 156 valence electrons. The van der Waals surface area contributed by atoms with Crippen LogP contribution in [0.4, 0.5) is 0 Å². The molecule has 1 aromatic rings. The lowest BCUT2D eigenvalue weighted by Crippen LogP contribution is -2.45. The number of aliphatic hydroxyl groups excluding tert-OH is 1. The summed E-state index contributed by atoms with van der Waals surface area (Å²) in [6.45, 7) is 10.9. The van der Waals surface area contributed by atoms with Gasteiger partial charge < -0.3 is 20.3 Å². The number of hydrogen-bond acceptors (Lipinski definition) is 4. The molecule has 0 aliphatic rings. The molecule has 1 aromatic carbocycles. The van der Waals surface area contributed by atoms with Gasteiger partial charge in [-0.25, -0.2) is 0 Å². The summed E-state index contributed by atoms with van der Waals surface area (Å²) in [5, 5.41) is 9.69. The van der Waals surface area contributed by atoms with Gasteiger partial charge in [-0.1, -0.05) is 40.2 Å². The Bertz CT molecular complexity index is 544. The highest BCUT2D eigenvalue weighted by Crippen LogP contribution is 2.31. The molecule has 0 spiro atoms. The maximum absolute atomic E-state index is 9.69. The van der Waals surface area contributed by atoms with E-state index in [4.69, 9.17) is 15.2 Å². The molecule has 1 rings (SSSR count). The standard InChI is InChI=1S/C23H41NO3/c1-17(2)8-7-9-19(5)27-21-11-10-20(14-22(21)26-6)12-13-23(24,16-25)15-18(3)4/h10-11,14,17-19,25H,7-9,12-13,15-16,24H2,1-6H3/t19-,23?/m0/s1. The lowest BCUT2D eigenvalue weighted by Gasteiger charge is -2.29. The third-order valence-electron chi connectivity index (χ3n) is 4.99. The lowest BCUT2D eigenvalue weighted by atomic mass is 9.85. The van der Waals surface area contributed by atoms with Crippen LogP contribution in [-0.4, -0.2) is 30.5 Å². The molecule has 4 nitrogen and oxygen atoms in total. The second-order valence-electron chi connectivity index (χ2n) is 8.86. The Labute approximate surface area is 166 Å². The maximum Gasteiger partial charge on any atom is 0.161 e. The summed E-state index contributed by atoms with van der Waals surface area (Å²) in [7, 11) is 1.68. The van der Waals surface area contributed by atoms with Crippen molar-refractivity contribution in [2.45, 2.75) is 84.8 Å². The van der Waals surface area contributed by atoms with Crippen molar-refractivity contribution < 1.29 is 14.6 Å². The molecule has 0 saturated heterocycles. The molecule has 0 aliphatic heterocycles. The first-order valence-corrected chi connectivity index (χ1v) is 10.4. The number of nitrogens with two attached hydrogens (primary N) is 1.